The van der Waals surface area contributed by atoms with E-state index in [-0.39, 0.29) is 13.2 Å². The Morgan fingerprint density at radius 3 is 2.63 bits per heavy atom. The molecule has 1 aliphatic carbocycles. The Balaban J connectivity index is 1.92. The molecule has 8 heteroatoms. The van der Waals surface area contributed by atoms with Crippen molar-refractivity contribution < 1.29 is 29.0 Å². The molecule has 1 aliphatic heterocycles. The number of nitrogens with zero attached hydrogens (tertiary/aromatic N) is 1. The predicted octanol–water partition coefficient (Wildman–Crippen LogP) is -0.813. The summed E-state index contributed by atoms with van der Waals surface area (Å²) < 4.78 is 9.74. The Kier molecular flexibility index (Phi) is 3.61. The van der Waals surface area contributed by atoms with Crippen molar-refractivity contribution in [1.29, 1.82) is 0 Å². The molecule has 0 aromatic rings. The standard InChI is InChI=1S/C11H16N2O6/c1-18-8(14)7-6-13(4-5-19-7)10(17)12-11(2-3-11)9(15)16/h7H,2-6H2,1H3,(H,12,17)(H,15,16). The van der Waals surface area contributed by atoms with Gasteiger partial charge in [-0.1, -0.05) is 0 Å². The number of hydrogen-bond donors (Lipinski definition) is 2. The third-order valence-corrected chi connectivity index (χ3v) is 3.32. The van der Waals surface area contributed by atoms with Crippen molar-refractivity contribution in [3.05, 3.63) is 0 Å². The molecule has 2 fully saturated rings. The van der Waals surface area contributed by atoms with Crippen LogP contribution in [0, 0.1) is 0 Å². The molecule has 1 saturated carbocycles. The number of carbonyl (C=O) groups excluding carboxylic acids is 2. The number of ether oxygens (including phenoxy) is 2. The van der Waals surface area contributed by atoms with Crippen LogP contribution in [0.25, 0.3) is 0 Å². The Morgan fingerprint density at radius 2 is 2.11 bits per heavy atom. The van der Waals surface area contributed by atoms with Gasteiger partial charge in [-0.05, 0) is 12.8 Å². The minimum atomic E-state index is -1.13. The molecule has 106 valence electrons. The molecule has 2 rings (SSSR count). The number of rotatable bonds is 3. The number of amides is 2. The topological polar surface area (TPSA) is 105 Å². The summed E-state index contributed by atoms with van der Waals surface area (Å²) in [7, 11) is 1.24. The SMILES string of the molecule is COC(=O)C1CN(C(=O)NC2(C(=O)O)CC2)CCO1. The van der Waals surface area contributed by atoms with Gasteiger partial charge in [0.25, 0.3) is 0 Å². The molecular formula is C11H16N2O6. The lowest BCUT2D eigenvalue weighted by Gasteiger charge is -2.32. The normalized spacial score (nSPS) is 24.5. The number of urea groups is 1. The number of methoxy groups -OCH3 is 1. The third-order valence-electron chi connectivity index (χ3n) is 3.32. The van der Waals surface area contributed by atoms with Gasteiger partial charge in [-0.25, -0.2) is 14.4 Å². The van der Waals surface area contributed by atoms with Gasteiger partial charge < -0.3 is 24.8 Å². The van der Waals surface area contributed by atoms with Crippen molar-refractivity contribution in [2.24, 2.45) is 0 Å². The third kappa shape index (κ3) is 2.78. The number of esters is 1. The number of morpholine rings is 1. The van der Waals surface area contributed by atoms with Crippen LogP contribution >= 0.6 is 0 Å². The van der Waals surface area contributed by atoms with Crippen molar-refractivity contribution in [3.8, 4) is 0 Å². The van der Waals surface area contributed by atoms with Crippen LogP contribution in [0.2, 0.25) is 0 Å². The van der Waals surface area contributed by atoms with E-state index >= 15 is 0 Å². The van der Waals surface area contributed by atoms with E-state index in [1.54, 1.807) is 0 Å². The summed E-state index contributed by atoms with van der Waals surface area (Å²) in [5.41, 5.74) is -1.13. The molecule has 8 nitrogen and oxygen atoms in total. The van der Waals surface area contributed by atoms with Crippen LogP contribution in [0.5, 0.6) is 0 Å². The van der Waals surface area contributed by atoms with Gasteiger partial charge in [-0.15, -0.1) is 0 Å². The summed E-state index contributed by atoms with van der Waals surface area (Å²) in [6.07, 6.45) is 0.0435. The zero-order valence-electron chi connectivity index (χ0n) is 10.5. The second kappa shape index (κ2) is 5.04. The summed E-state index contributed by atoms with van der Waals surface area (Å²) in [5.74, 6) is -1.57. The van der Waals surface area contributed by atoms with E-state index in [0.29, 0.717) is 19.4 Å². The summed E-state index contributed by atoms with van der Waals surface area (Å²) in [6.45, 7) is 0.594. The molecule has 2 amide bonds. The van der Waals surface area contributed by atoms with Gasteiger partial charge in [0.2, 0.25) is 0 Å². The maximum atomic E-state index is 12.0. The molecule has 2 N–H and O–H groups in total. The van der Waals surface area contributed by atoms with Crippen LogP contribution in [0.1, 0.15) is 12.8 Å². The maximum absolute atomic E-state index is 12.0. The molecule has 0 radical (unpaired) electrons. The molecule has 1 saturated heterocycles. The molecular weight excluding hydrogens is 256 g/mol. The minimum Gasteiger partial charge on any atom is -0.480 e. The average molecular weight is 272 g/mol. The molecule has 2 aliphatic rings. The van der Waals surface area contributed by atoms with E-state index in [1.165, 1.54) is 12.0 Å². The molecule has 1 heterocycles. The fourth-order valence-electron chi connectivity index (χ4n) is 1.91. The lowest BCUT2D eigenvalue weighted by Crippen LogP contribution is -2.55. The molecule has 0 aromatic carbocycles. The first-order valence-electron chi connectivity index (χ1n) is 5.98. The highest BCUT2D eigenvalue weighted by Crippen LogP contribution is 2.35. The smallest absolute Gasteiger partial charge is 0.336 e. The highest BCUT2D eigenvalue weighted by Gasteiger charge is 2.52. The van der Waals surface area contributed by atoms with Gasteiger partial charge in [0.15, 0.2) is 6.10 Å². The van der Waals surface area contributed by atoms with Crippen LogP contribution in [0.15, 0.2) is 0 Å². The van der Waals surface area contributed by atoms with Crippen molar-refractivity contribution in [2.75, 3.05) is 26.8 Å². The second-order valence-electron chi connectivity index (χ2n) is 4.65. The molecule has 1 atom stereocenters. The molecule has 0 bridgehead atoms. The number of carboxylic acids is 1. The van der Waals surface area contributed by atoms with Crippen LogP contribution in [0.3, 0.4) is 0 Å². The van der Waals surface area contributed by atoms with E-state index in [4.69, 9.17) is 9.84 Å². The lowest BCUT2D eigenvalue weighted by molar-refractivity contribution is -0.158. The first kappa shape index (κ1) is 13.6. The van der Waals surface area contributed by atoms with Crippen LogP contribution < -0.4 is 5.32 Å². The number of nitrogens with one attached hydrogen (secondary N) is 1. The Bertz CT molecular complexity index is 406. The fraction of sp³-hybridized carbons (Fsp3) is 0.727. The largest absolute Gasteiger partial charge is 0.480 e. The Labute approximate surface area is 109 Å². The lowest BCUT2D eigenvalue weighted by atomic mass is 10.2. The molecule has 19 heavy (non-hydrogen) atoms. The van der Waals surface area contributed by atoms with Gasteiger partial charge in [-0.2, -0.15) is 0 Å². The van der Waals surface area contributed by atoms with Crippen molar-refractivity contribution in [3.63, 3.8) is 0 Å². The summed E-state index contributed by atoms with van der Waals surface area (Å²) in [4.78, 5) is 35.7. The van der Waals surface area contributed by atoms with Gasteiger partial charge in [-0.3, -0.25) is 0 Å². The zero-order chi connectivity index (χ0) is 14.0. The van der Waals surface area contributed by atoms with Crippen LogP contribution in [0.4, 0.5) is 4.79 Å². The number of carbonyl (C=O) groups is 3. The number of aliphatic carboxylic acids is 1. The molecule has 0 aromatic heterocycles. The first-order valence-corrected chi connectivity index (χ1v) is 5.98. The highest BCUT2D eigenvalue weighted by molar-refractivity contribution is 5.89. The van der Waals surface area contributed by atoms with E-state index in [2.05, 4.69) is 10.1 Å². The summed E-state index contributed by atoms with van der Waals surface area (Å²) >= 11 is 0. The van der Waals surface area contributed by atoms with E-state index in [0.717, 1.165) is 0 Å². The van der Waals surface area contributed by atoms with Gasteiger partial charge in [0, 0.05) is 6.54 Å². The van der Waals surface area contributed by atoms with Crippen LogP contribution in [-0.2, 0) is 19.1 Å². The van der Waals surface area contributed by atoms with Crippen molar-refractivity contribution >= 4 is 18.0 Å². The second-order valence-corrected chi connectivity index (χ2v) is 4.65. The Hall–Kier alpha value is -1.83. The average Bonchev–Trinajstić information content (AvgIpc) is 3.19. The Morgan fingerprint density at radius 1 is 1.42 bits per heavy atom. The van der Waals surface area contributed by atoms with E-state index < -0.39 is 29.6 Å². The van der Waals surface area contributed by atoms with Crippen LogP contribution in [-0.4, -0.2) is 66.4 Å². The fourth-order valence-corrected chi connectivity index (χ4v) is 1.91. The van der Waals surface area contributed by atoms with Gasteiger partial charge in [0.05, 0.1) is 20.3 Å². The number of carboxylic acid groups (broad SMARTS) is 1. The quantitative estimate of drug-likeness (QED) is 0.651. The monoisotopic (exact) mass is 272 g/mol. The first-order chi connectivity index (χ1) is 8.98. The zero-order valence-corrected chi connectivity index (χ0v) is 10.5. The summed E-state index contributed by atoms with van der Waals surface area (Å²) in [6, 6.07) is -0.489. The maximum Gasteiger partial charge on any atom is 0.336 e. The molecule has 0 spiro atoms. The number of hydrogen-bond acceptors (Lipinski definition) is 5. The summed E-state index contributed by atoms with van der Waals surface area (Å²) in [5, 5.41) is 11.5. The molecule has 1 unspecified atom stereocenters. The van der Waals surface area contributed by atoms with Crippen molar-refractivity contribution in [1.82, 2.24) is 10.2 Å². The van der Waals surface area contributed by atoms with E-state index in [9.17, 15) is 14.4 Å². The predicted molar refractivity (Wildman–Crippen MR) is 61.5 cm³/mol. The van der Waals surface area contributed by atoms with Crippen molar-refractivity contribution in [2.45, 2.75) is 24.5 Å². The van der Waals surface area contributed by atoms with Gasteiger partial charge in [0.1, 0.15) is 5.54 Å². The van der Waals surface area contributed by atoms with Gasteiger partial charge >= 0.3 is 18.0 Å². The van der Waals surface area contributed by atoms with E-state index in [1.807, 2.05) is 0 Å². The minimum absolute atomic E-state index is 0.0637. The highest BCUT2D eigenvalue weighted by atomic mass is 16.6.